The molecule has 3 heterocycles. The molecule has 0 aromatic carbocycles. The molecule has 0 aliphatic carbocycles. The highest BCUT2D eigenvalue weighted by Gasteiger charge is 2.22. The van der Waals surface area contributed by atoms with Crippen molar-refractivity contribution in [2.24, 2.45) is 0 Å². The highest BCUT2D eigenvalue weighted by molar-refractivity contribution is 5.03. The van der Waals surface area contributed by atoms with Crippen LogP contribution in [-0.4, -0.2) is 50.6 Å². The molecule has 1 fully saturated rings. The van der Waals surface area contributed by atoms with E-state index in [9.17, 15) is 0 Å². The molecule has 0 N–H and O–H groups in total. The van der Waals surface area contributed by atoms with Crippen LogP contribution in [0.1, 0.15) is 11.5 Å². The van der Waals surface area contributed by atoms with Crippen molar-refractivity contribution < 1.29 is 9.26 Å². The van der Waals surface area contributed by atoms with Crippen molar-refractivity contribution in [3.8, 4) is 0 Å². The maximum Gasteiger partial charge on any atom is 0.150 e. The van der Waals surface area contributed by atoms with Crippen LogP contribution < -0.4 is 0 Å². The molecule has 0 radical (unpaired) electrons. The van der Waals surface area contributed by atoms with Gasteiger partial charge in [-0.15, -0.1) is 0 Å². The van der Waals surface area contributed by atoms with Crippen molar-refractivity contribution in [1.82, 2.24) is 24.8 Å². The van der Waals surface area contributed by atoms with Gasteiger partial charge in [-0.05, 0) is 6.92 Å². The van der Waals surface area contributed by atoms with Gasteiger partial charge in [0.2, 0.25) is 0 Å². The lowest BCUT2D eigenvalue weighted by molar-refractivity contribution is -0.0422. The fourth-order valence-corrected chi connectivity index (χ4v) is 2.28. The third-order valence-corrected chi connectivity index (χ3v) is 3.14. The van der Waals surface area contributed by atoms with Crippen LogP contribution in [0, 0.1) is 6.92 Å². The predicted octanol–water partition coefficient (Wildman–Crippen LogP) is 0.476. The van der Waals surface area contributed by atoms with E-state index in [1.807, 2.05) is 13.0 Å². The highest BCUT2D eigenvalue weighted by atomic mass is 16.5. The Kier molecular flexibility index (Phi) is 3.56. The van der Waals surface area contributed by atoms with Gasteiger partial charge in [-0.2, -0.15) is 5.10 Å². The summed E-state index contributed by atoms with van der Waals surface area (Å²) in [6.07, 6.45) is 3.39. The Hall–Kier alpha value is -1.73. The van der Waals surface area contributed by atoms with Crippen molar-refractivity contribution in [2.75, 3.05) is 19.7 Å². The highest BCUT2D eigenvalue weighted by Crippen LogP contribution is 2.12. The molecule has 0 spiro atoms. The number of nitrogens with zero attached hydrogens (tertiary/aromatic N) is 5. The molecule has 1 aliphatic rings. The Balaban J connectivity index is 1.55. The molecule has 0 saturated carbocycles. The zero-order chi connectivity index (χ0) is 13.1. The van der Waals surface area contributed by atoms with E-state index in [2.05, 4.69) is 20.1 Å². The van der Waals surface area contributed by atoms with Crippen molar-refractivity contribution in [1.29, 1.82) is 0 Å². The van der Waals surface area contributed by atoms with E-state index in [1.54, 1.807) is 11.0 Å². The van der Waals surface area contributed by atoms with E-state index in [-0.39, 0.29) is 6.10 Å². The van der Waals surface area contributed by atoms with Gasteiger partial charge >= 0.3 is 0 Å². The van der Waals surface area contributed by atoms with Crippen LogP contribution in [0.4, 0.5) is 0 Å². The molecule has 2 aromatic heterocycles. The van der Waals surface area contributed by atoms with Crippen LogP contribution >= 0.6 is 0 Å². The summed E-state index contributed by atoms with van der Waals surface area (Å²) in [5.41, 5.74) is 0.919. The number of aromatic nitrogens is 4. The molecule has 2 aromatic rings. The van der Waals surface area contributed by atoms with Gasteiger partial charge in [0.05, 0.1) is 31.5 Å². The Morgan fingerprint density at radius 1 is 1.47 bits per heavy atom. The van der Waals surface area contributed by atoms with Gasteiger partial charge in [0, 0.05) is 19.2 Å². The third-order valence-electron chi connectivity index (χ3n) is 3.14. The minimum absolute atomic E-state index is 0.138. The molecular formula is C12H17N5O2. The number of morpholine rings is 1. The summed E-state index contributed by atoms with van der Waals surface area (Å²) in [6.45, 7) is 5.93. The molecule has 0 amide bonds. The SMILES string of the molecule is Cc1cc(CN2CCO[C@@H](Cn3cncn3)C2)on1. The number of aryl methyl sites for hydroxylation is 1. The Morgan fingerprint density at radius 3 is 3.16 bits per heavy atom. The number of hydrogen-bond acceptors (Lipinski definition) is 6. The lowest BCUT2D eigenvalue weighted by Gasteiger charge is -2.32. The molecule has 0 bridgehead atoms. The molecule has 7 heteroatoms. The largest absolute Gasteiger partial charge is 0.374 e. The summed E-state index contributed by atoms with van der Waals surface area (Å²) in [7, 11) is 0. The van der Waals surface area contributed by atoms with Gasteiger partial charge in [-0.3, -0.25) is 9.58 Å². The van der Waals surface area contributed by atoms with E-state index >= 15 is 0 Å². The standard InChI is InChI=1S/C12H17N5O2/c1-10-4-11(19-15-10)5-16-2-3-18-12(6-16)7-17-9-13-8-14-17/h4,8-9,12H,2-3,5-7H2,1H3/t12-/m1/s1. The zero-order valence-corrected chi connectivity index (χ0v) is 10.9. The van der Waals surface area contributed by atoms with Crippen molar-refractivity contribution in [3.63, 3.8) is 0 Å². The fourth-order valence-electron chi connectivity index (χ4n) is 2.28. The first-order chi connectivity index (χ1) is 9.29. The second-order valence-corrected chi connectivity index (χ2v) is 4.78. The lowest BCUT2D eigenvalue weighted by Crippen LogP contribution is -2.43. The second kappa shape index (κ2) is 5.50. The molecule has 19 heavy (non-hydrogen) atoms. The molecule has 0 unspecified atom stereocenters. The van der Waals surface area contributed by atoms with E-state index in [4.69, 9.17) is 9.26 Å². The van der Waals surface area contributed by atoms with Gasteiger partial charge in [-0.1, -0.05) is 5.16 Å². The van der Waals surface area contributed by atoms with Crippen LogP contribution in [0.15, 0.2) is 23.2 Å². The van der Waals surface area contributed by atoms with E-state index < -0.39 is 0 Å². The molecule has 1 aliphatic heterocycles. The van der Waals surface area contributed by atoms with E-state index in [1.165, 1.54) is 6.33 Å². The number of rotatable bonds is 4. The van der Waals surface area contributed by atoms with Crippen LogP contribution in [0.5, 0.6) is 0 Å². The van der Waals surface area contributed by atoms with Gasteiger partial charge < -0.3 is 9.26 Å². The molecule has 1 saturated heterocycles. The van der Waals surface area contributed by atoms with Gasteiger partial charge in [0.15, 0.2) is 5.76 Å². The van der Waals surface area contributed by atoms with Crippen LogP contribution in [-0.2, 0) is 17.8 Å². The monoisotopic (exact) mass is 263 g/mol. The average molecular weight is 263 g/mol. The van der Waals surface area contributed by atoms with Gasteiger partial charge in [0.1, 0.15) is 12.7 Å². The van der Waals surface area contributed by atoms with Crippen LogP contribution in [0.2, 0.25) is 0 Å². The lowest BCUT2D eigenvalue weighted by atomic mass is 10.2. The normalized spacial score (nSPS) is 20.8. The van der Waals surface area contributed by atoms with Gasteiger partial charge in [-0.25, -0.2) is 4.98 Å². The van der Waals surface area contributed by atoms with Crippen molar-refractivity contribution in [2.45, 2.75) is 26.1 Å². The van der Waals surface area contributed by atoms with Gasteiger partial charge in [0.25, 0.3) is 0 Å². The summed E-state index contributed by atoms with van der Waals surface area (Å²) >= 11 is 0. The minimum atomic E-state index is 0.138. The van der Waals surface area contributed by atoms with E-state index in [0.29, 0.717) is 0 Å². The molecule has 7 nitrogen and oxygen atoms in total. The smallest absolute Gasteiger partial charge is 0.150 e. The zero-order valence-electron chi connectivity index (χ0n) is 10.9. The fraction of sp³-hybridized carbons (Fsp3) is 0.583. The first-order valence-electron chi connectivity index (χ1n) is 6.38. The summed E-state index contributed by atoms with van der Waals surface area (Å²) in [5.74, 6) is 0.902. The van der Waals surface area contributed by atoms with Crippen LogP contribution in [0.25, 0.3) is 0 Å². The molecule has 1 atom stereocenters. The number of hydrogen-bond donors (Lipinski definition) is 0. The summed E-state index contributed by atoms with van der Waals surface area (Å²) < 4.78 is 12.8. The first kappa shape index (κ1) is 12.3. The predicted molar refractivity (Wildman–Crippen MR) is 66.3 cm³/mol. The van der Waals surface area contributed by atoms with Crippen molar-refractivity contribution >= 4 is 0 Å². The first-order valence-corrected chi connectivity index (χ1v) is 6.38. The quantitative estimate of drug-likeness (QED) is 0.799. The molecular weight excluding hydrogens is 246 g/mol. The second-order valence-electron chi connectivity index (χ2n) is 4.78. The number of ether oxygens (including phenoxy) is 1. The summed E-state index contributed by atoms with van der Waals surface area (Å²) in [4.78, 5) is 6.25. The Labute approximate surface area is 111 Å². The molecule has 3 rings (SSSR count). The average Bonchev–Trinajstić information content (AvgIpc) is 3.02. The van der Waals surface area contributed by atoms with Crippen LogP contribution in [0.3, 0.4) is 0 Å². The summed E-state index contributed by atoms with van der Waals surface area (Å²) in [6, 6.07) is 1.97. The minimum Gasteiger partial charge on any atom is -0.374 e. The summed E-state index contributed by atoms with van der Waals surface area (Å²) in [5, 5.41) is 8.01. The maximum absolute atomic E-state index is 5.75. The Bertz CT molecular complexity index is 510. The maximum atomic E-state index is 5.75. The van der Waals surface area contributed by atoms with Crippen molar-refractivity contribution in [3.05, 3.63) is 30.2 Å². The van der Waals surface area contributed by atoms with E-state index in [0.717, 1.165) is 44.2 Å². The third kappa shape index (κ3) is 3.18. The molecule has 102 valence electrons. The topological polar surface area (TPSA) is 69.2 Å². The Morgan fingerprint density at radius 2 is 2.42 bits per heavy atom.